The molecule has 2 N–H and O–H groups in total. The van der Waals surface area contributed by atoms with Crippen LogP contribution in [0.25, 0.3) is 0 Å². The summed E-state index contributed by atoms with van der Waals surface area (Å²) in [6, 6.07) is 5.46. The number of ether oxygens (including phenoxy) is 1. The van der Waals surface area contributed by atoms with Crippen molar-refractivity contribution >= 4 is 25.6 Å². The van der Waals surface area contributed by atoms with Crippen LogP contribution >= 0.6 is 0 Å². The molecule has 0 aromatic heterocycles. The Labute approximate surface area is 165 Å². The van der Waals surface area contributed by atoms with Crippen LogP contribution in [0.4, 0.5) is 0 Å². The number of primary amides is 1. The monoisotopic (exact) mass is 430 g/mol. The largest absolute Gasteiger partial charge is 0.494 e. The fraction of sp³-hybridized carbons (Fsp3) is 0.611. The maximum absolute atomic E-state index is 13.2. The molecule has 8 nitrogen and oxygen atoms in total. The van der Waals surface area contributed by atoms with Gasteiger partial charge in [0.05, 0.1) is 28.3 Å². The Kier molecular flexibility index (Phi) is 6.02. The van der Waals surface area contributed by atoms with Gasteiger partial charge < -0.3 is 10.5 Å². The summed E-state index contributed by atoms with van der Waals surface area (Å²) >= 11 is 0. The molecule has 2 saturated heterocycles. The molecule has 0 radical (unpaired) electrons. The maximum Gasteiger partial charge on any atom is 0.220 e. The summed E-state index contributed by atoms with van der Waals surface area (Å²) in [5, 5.41) is -1.03. The lowest BCUT2D eigenvalue weighted by Gasteiger charge is -2.36. The molecule has 28 heavy (non-hydrogen) atoms. The van der Waals surface area contributed by atoms with Crippen LogP contribution in [-0.4, -0.2) is 70.1 Å². The Hall–Kier alpha value is -1.65. The van der Waals surface area contributed by atoms with Crippen LogP contribution < -0.4 is 10.5 Å². The molecular formula is C18H26N2O6S2. The van der Waals surface area contributed by atoms with Crippen molar-refractivity contribution in [1.82, 2.24) is 4.90 Å². The van der Waals surface area contributed by atoms with Crippen LogP contribution in [0.2, 0.25) is 0 Å². The molecule has 0 aliphatic carbocycles. The van der Waals surface area contributed by atoms with E-state index >= 15 is 0 Å². The molecule has 1 aromatic rings. The first-order valence-electron chi connectivity index (χ1n) is 9.34. The number of piperidine rings is 1. The van der Waals surface area contributed by atoms with E-state index in [1.165, 1.54) is 12.1 Å². The van der Waals surface area contributed by atoms with E-state index in [1.54, 1.807) is 12.1 Å². The summed E-state index contributed by atoms with van der Waals surface area (Å²) in [5.74, 6) is -0.615. The van der Waals surface area contributed by atoms with Crippen molar-refractivity contribution in [2.24, 2.45) is 11.7 Å². The fourth-order valence-corrected chi connectivity index (χ4v) is 8.85. The standard InChI is InChI=1S/C18H26N2O6S2/c1-2-26-14-3-5-15(6-4-14)28(24,25)17-12-27(22,23)11-16(17)20-9-7-13(8-10-20)18(19)21/h3-6,13,16-17H,2,7-12H2,1H3,(H2,19,21)/t16-,17-/m0/s1. The van der Waals surface area contributed by atoms with Gasteiger partial charge in [-0.1, -0.05) is 0 Å². The first-order valence-corrected chi connectivity index (χ1v) is 12.7. The van der Waals surface area contributed by atoms with Gasteiger partial charge in [-0.15, -0.1) is 0 Å². The third-order valence-electron chi connectivity index (χ3n) is 5.53. The third-order valence-corrected chi connectivity index (χ3v) is 9.67. The zero-order valence-corrected chi connectivity index (χ0v) is 17.4. The Morgan fingerprint density at radius 1 is 1.18 bits per heavy atom. The van der Waals surface area contributed by atoms with Crippen LogP contribution in [0.1, 0.15) is 19.8 Å². The lowest BCUT2D eigenvalue weighted by Crippen LogP contribution is -2.50. The van der Waals surface area contributed by atoms with Gasteiger partial charge in [0.25, 0.3) is 0 Å². The second kappa shape index (κ2) is 8.00. The zero-order chi connectivity index (χ0) is 20.5. The summed E-state index contributed by atoms with van der Waals surface area (Å²) in [6.45, 7) is 3.22. The van der Waals surface area contributed by atoms with Crippen molar-refractivity contribution in [3.8, 4) is 5.75 Å². The summed E-state index contributed by atoms with van der Waals surface area (Å²) in [4.78, 5) is 13.4. The molecule has 10 heteroatoms. The second-order valence-corrected chi connectivity index (χ2v) is 11.7. The molecule has 2 aliphatic heterocycles. The number of amides is 1. The van der Waals surface area contributed by atoms with Gasteiger partial charge in [0.15, 0.2) is 19.7 Å². The quantitative estimate of drug-likeness (QED) is 0.685. The molecule has 2 fully saturated rings. The summed E-state index contributed by atoms with van der Waals surface area (Å²) in [6.07, 6.45) is 1.03. The molecule has 0 bridgehead atoms. The molecule has 0 spiro atoms. The molecule has 156 valence electrons. The van der Waals surface area contributed by atoms with Crippen molar-refractivity contribution in [2.45, 2.75) is 36.0 Å². The van der Waals surface area contributed by atoms with Gasteiger partial charge in [0.1, 0.15) is 5.75 Å². The number of carbonyl (C=O) groups is 1. The smallest absolute Gasteiger partial charge is 0.220 e. The third kappa shape index (κ3) is 4.33. The van der Waals surface area contributed by atoms with E-state index in [0.717, 1.165) is 0 Å². The summed E-state index contributed by atoms with van der Waals surface area (Å²) in [7, 11) is -7.31. The molecule has 0 saturated carbocycles. The SMILES string of the molecule is CCOc1ccc(S(=O)(=O)[C@H]2CS(=O)(=O)C[C@@H]2N2CCC(C(N)=O)CC2)cc1. The van der Waals surface area contributed by atoms with E-state index < -0.39 is 31.0 Å². The Morgan fingerprint density at radius 3 is 2.32 bits per heavy atom. The molecule has 1 amide bonds. The first-order chi connectivity index (χ1) is 13.1. The molecule has 2 aliphatic rings. The van der Waals surface area contributed by atoms with E-state index in [9.17, 15) is 21.6 Å². The van der Waals surface area contributed by atoms with Gasteiger partial charge in [-0.2, -0.15) is 0 Å². The lowest BCUT2D eigenvalue weighted by molar-refractivity contribution is -0.123. The predicted octanol–water partition coefficient (Wildman–Crippen LogP) is 0.222. The van der Waals surface area contributed by atoms with Crippen LogP contribution in [0.15, 0.2) is 29.2 Å². The highest BCUT2D eigenvalue weighted by atomic mass is 32.2. The number of nitrogens with two attached hydrogens (primary N) is 1. The van der Waals surface area contributed by atoms with E-state index in [2.05, 4.69) is 0 Å². The topological polar surface area (TPSA) is 124 Å². The van der Waals surface area contributed by atoms with E-state index in [4.69, 9.17) is 10.5 Å². The van der Waals surface area contributed by atoms with Gasteiger partial charge in [0.2, 0.25) is 5.91 Å². The van der Waals surface area contributed by atoms with Gasteiger partial charge >= 0.3 is 0 Å². The predicted molar refractivity (Wildman–Crippen MR) is 105 cm³/mol. The fourth-order valence-electron chi connectivity index (χ4n) is 4.02. The molecule has 1 aromatic carbocycles. The average Bonchev–Trinajstić information content (AvgIpc) is 2.99. The number of hydrogen-bond donors (Lipinski definition) is 1. The van der Waals surface area contributed by atoms with E-state index in [-0.39, 0.29) is 28.2 Å². The molecule has 2 atom stereocenters. The molecular weight excluding hydrogens is 404 g/mol. The van der Waals surface area contributed by atoms with Crippen LogP contribution in [0, 0.1) is 5.92 Å². The van der Waals surface area contributed by atoms with Gasteiger partial charge in [-0.05, 0) is 57.1 Å². The molecule has 2 heterocycles. The highest BCUT2D eigenvalue weighted by Gasteiger charge is 2.48. The van der Waals surface area contributed by atoms with Gasteiger partial charge in [0, 0.05) is 12.0 Å². The van der Waals surface area contributed by atoms with E-state index in [1.807, 2.05) is 11.8 Å². The lowest BCUT2D eigenvalue weighted by atomic mass is 9.95. The number of rotatable bonds is 6. The first kappa shape index (κ1) is 21.1. The second-order valence-electron chi connectivity index (χ2n) is 7.34. The Balaban J connectivity index is 1.84. The minimum Gasteiger partial charge on any atom is -0.494 e. The zero-order valence-electron chi connectivity index (χ0n) is 15.8. The maximum atomic E-state index is 13.2. The van der Waals surface area contributed by atoms with Crippen molar-refractivity contribution in [2.75, 3.05) is 31.2 Å². The summed E-state index contributed by atoms with van der Waals surface area (Å²) in [5.41, 5.74) is 5.36. The number of benzene rings is 1. The minimum absolute atomic E-state index is 0.0927. The number of likely N-dealkylation sites (tertiary alicyclic amines) is 1. The average molecular weight is 431 g/mol. The minimum atomic E-state index is -3.84. The normalized spacial score (nSPS) is 26.2. The van der Waals surface area contributed by atoms with Crippen LogP contribution in [0.3, 0.4) is 0 Å². The summed E-state index contributed by atoms with van der Waals surface area (Å²) < 4.78 is 56.4. The molecule has 0 unspecified atom stereocenters. The number of hydrogen-bond acceptors (Lipinski definition) is 7. The van der Waals surface area contributed by atoms with Crippen LogP contribution in [0.5, 0.6) is 5.75 Å². The molecule has 3 rings (SSSR count). The van der Waals surface area contributed by atoms with E-state index in [0.29, 0.717) is 38.3 Å². The highest BCUT2D eigenvalue weighted by molar-refractivity contribution is 7.96. The number of carbonyl (C=O) groups excluding carboxylic acids is 1. The number of nitrogens with zero attached hydrogens (tertiary/aromatic N) is 1. The van der Waals surface area contributed by atoms with Crippen LogP contribution in [-0.2, 0) is 24.5 Å². The van der Waals surface area contributed by atoms with Gasteiger partial charge in [-0.25, -0.2) is 16.8 Å². The van der Waals surface area contributed by atoms with Gasteiger partial charge in [-0.3, -0.25) is 9.69 Å². The Morgan fingerprint density at radius 2 is 1.79 bits per heavy atom. The highest BCUT2D eigenvalue weighted by Crippen LogP contribution is 2.32. The number of sulfone groups is 2. The Bertz CT molecular complexity index is 919. The van der Waals surface area contributed by atoms with Crippen molar-refractivity contribution in [1.29, 1.82) is 0 Å². The van der Waals surface area contributed by atoms with Crippen molar-refractivity contribution in [3.63, 3.8) is 0 Å². The van der Waals surface area contributed by atoms with Crippen molar-refractivity contribution in [3.05, 3.63) is 24.3 Å². The van der Waals surface area contributed by atoms with Crippen molar-refractivity contribution < 1.29 is 26.4 Å².